The highest BCUT2D eigenvalue weighted by Crippen LogP contribution is 2.12. The summed E-state index contributed by atoms with van der Waals surface area (Å²) < 4.78 is 11.4. The van der Waals surface area contributed by atoms with Gasteiger partial charge in [0, 0.05) is 13.2 Å². The van der Waals surface area contributed by atoms with Crippen LogP contribution >= 0.6 is 12.6 Å². The van der Waals surface area contributed by atoms with Gasteiger partial charge in [-0.05, 0) is 32.1 Å². The molecule has 0 bridgehead atoms. The van der Waals surface area contributed by atoms with Crippen molar-refractivity contribution in [1.82, 2.24) is 0 Å². The summed E-state index contributed by atoms with van der Waals surface area (Å²) in [6.07, 6.45) is 12.3. The van der Waals surface area contributed by atoms with Crippen LogP contribution in [-0.4, -0.2) is 28.3 Å². The van der Waals surface area contributed by atoms with Crippen molar-refractivity contribution in [2.45, 2.75) is 77.7 Å². The first kappa shape index (κ1) is 19.5. The SMILES string of the molecule is CCO[SiH](CCCCCCCCCCCS)OCC. The highest BCUT2D eigenvalue weighted by Gasteiger charge is 2.10. The van der Waals surface area contributed by atoms with Crippen molar-refractivity contribution in [3.8, 4) is 0 Å². The molecular weight excluding hydrogens is 272 g/mol. The number of hydrogen-bond acceptors (Lipinski definition) is 3. The van der Waals surface area contributed by atoms with Crippen molar-refractivity contribution in [2.24, 2.45) is 0 Å². The number of unbranched alkanes of at least 4 members (excludes halogenated alkanes) is 8. The lowest BCUT2D eigenvalue weighted by molar-refractivity contribution is 0.212. The van der Waals surface area contributed by atoms with Crippen molar-refractivity contribution in [1.29, 1.82) is 0 Å². The Kier molecular flexibility index (Phi) is 17.0. The molecule has 0 aliphatic carbocycles. The predicted molar refractivity (Wildman–Crippen MR) is 90.6 cm³/mol. The van der Waals surface area contributed by atoms with E-state index in [-0.39, 0.29) is 0 Å². The van der Waals surface area contributed by atoms with Crippen molar-refractivity contribution < 1.29 is 8.85 Å². The second-order valence-electron chi connectivity index (χ2n) is 5.03. The van der Waals surface area contributed by atoms with Gasteiger partial charge in [-0.25, -0.2) is 0 Å². The van der Waals surface area contributed by atoms with Crippen LogP contribution in [-0.2, 0) is 8.85 Å². The van der Waals surface area contributed by atoms with Crippen LogP contribution in [0.4, 0.5) is 0 Å². The van der Waals surface area contributed by atoms with Crippen LogP contribution in [0.1, 0.15) is 71.6 Å². The van der Waals surface area contributed by atoms with Gasteiger partial charge in [0.1, 0.15) is 0 Å². The van der Waals surface area contributed by atoms with Gasteiger partial charge in [0.2, 0.25) is 0 Å². The van der Waals surface area contributed by atoms with Gasteiger partial charge in [-0.3, -0.25) is 0 Å². The van der Waals surface area contributed by atoms with E-state index in [1.54, 1.807) is 0 Å². The molecule has 0 saturated heterocycles. The molecule has 0 saturated carbocycles. The largest absolute Gasteiger partial charge is 0.397 e. The molecule has 116 valence electrons. The van der Waals surface area contributed by atoms with E-state index in [9.17, 15) is 0 Å². The van der Waals surface area contributed by atoms with E-state index in [1.807, 2.05) is 0 Å². The van der Waals surface area contributed by atoms with E-state index in [0.717, 1.165) is 19.0 Å². The fourth-order valence-corrected chi connectivity index (χ4v) is 4.27. The fourth-order valence-electron chi connectivity index (χ4n) is 2.25. The van der Waals surface area contributed by atoms with Crippen LogP contribution in [0.15, 0.2) is 0 Å². The lowest BCUT2D eigenvalue weighted by Gasteiger charge is -2.14. The van der Waals surface area contributed by atoms with Crippen molar-refractivity contribution in [3.05, 3.63) is 0 Å². The molecule has 0 aromatic carbocycles. The van der Waals surface area contributed by atoms with Crippen LogP contribution in [0.5, 0.6) is 0 Å². The number of hydrogen-bond donors (Lipinski definition) is 1. The first-order valence-electron chi connectivity index (χ1n) is 8.19. The minimum atomic E-state index is -1.32. The van der Waals surface area contributed by atoms with E-state index in [2.05, 4.69) is 26.5 Å². The third-order valence-electron chi connectivity index (χ3n) is 3.30. The second kappa shape index (κ2) is 16.5. The summed E-state index contributed by atoms with van der Waals surface area (Å²) in [5.41, 5.74) is 0. The predicted octanol–water partition coefficient (Wildman–Crippen LogP) is 4.72. The first-order valence-corrected chi connectivity index (χ1v) is 10.6. The standard InChI is InChI=1S/C15H34O2SSi/c1-3-16-19(17-4-2)15-13-11-9-7-5-6-8-10-12-14-18/h18-19H,3-15H2,1-2H3. The quantitative estimate of drug-likeness (QED) is 0.268. The maximum atomic E-state index is 5.68. The smallest absolute Gasteiger partial charge is 0.321 e. The Morgan fingerprint density at radius 1 is 0.684 bits per heavy atom. The first-order chi connectivity index (χ1) is 9.35. The molecule has 0 radical (unpaired) electrons. The van der Waals surface area contributed by atoms with Gasteiger partial charge in [0.05, 0.1) is 0 Å². The zero-order valence-electron chi connectivity index (χ0n) is 13.0. The molecule has 0 aliphatic rings. The highest BCUT2D eigenvalue weighted by atomic mass is 32.1. The van der Waals surface area contributed by atoms with Gasteiger partial charge in [-0.15, -0.1) is 0 Å². The number of rotatable bonds is 15. The molecule has 2 nitrogen and oxygen atoms in total. The van der Waals surface area contributed by atoms with Crippen LogP contribution in [0.2, 0.25) is 6.04 Å². The molecule has 0 N–H and O–H groups in total. The van der Waals surface area contributed by atoms with Crippen molar-refractivity contribution in [3.63, 3.8) is 0 Å². The third kappa shape index (κ3) is 14.7. The maximum Gasteiger partial charge on any atom is 0.321 e. The lowest BCUT2D eigenvalue weighted by atomic mass is 10.1. The Labute approximate surface area is 127 Å². The maximum absolute atomic E-state index is 5.68. The molecule has 19 heavy (non-hydrogen) atoms. The van der Waals surface area contributed by atoms with Gasteiger partial charge in [-0.2, -0.15) is 12.6 Å². The summed E-state index contributed by atoms with van der Waals surface area (Å²) >= 11 is 4.23. The topological polar surface area (TPSA) is 18.5 Å². The summed E-state index contributed by atoms with van der Waals surface area (Å²) in [4.78, 5) is 0. The van der Waals surface area contributed by atoms with Crippen molar-refractivity contribution >= 4 is 21.9 Å². The summed E-state index contributed by atoms with van der Waals surface area (Å²) in [5, 5.41) is 0. The average molecular weight is 307 g/mol. The molecule has 0 spiro atoms. The Bertz CT molecular complexity index is 164. The summed E-state index contributed by atoms with van der Waals surface area (Å²) in [6, 6.07) is 1.18. The molecule has 0 aromatic heterocycles. The van der Waals surface area contributed by atoms with Crippen LogP contribution in [0.3, 0.4) is 0 Å². The highest BCUT2D eigenvalue weighted by molar-refractivity contribution is 7.80. The molecule has 0 heterocycles. The molecule has 0 rings (SSSR count). The summed E-state index contributed by atoms with van der Waals surface area (Å²) in [6.45, 7) is 5.74. The zero-order valence-corrected chi connectivity index (χ0v) is 15.1. The summed E-state index contributed by atoms with van der Waals surface area (Å²) in [5.74, 6) is 1.05. The molecule has 0 aromatic rings. The minimum Gasteiger partial charge on any atom is -0.397 e. The van der Waals surface area contributed by atoms with Crippen molar-refractivity contribution in [2.75, 3.05) is 19.0 Å². The molecule has 0 unspecified atom stereocenters. The number of thiol groups is 1. The van der Waals surface area contributed by atoms with Gasteiger partial charge < -0.3 is 8.85 Å². The molecule has 0 amide bonds. The molecule has 4 heteroatoms. The van der Waals surface area contributed by atoms with Gasteiger partial charge in [-0.1, -0.05) is 51.4 Å². The van der Waals surface area contributed by atoms with Crippen LogP contribution < -0.4 is 0 Å². The summed E-state index contributed by atoms with van der Waals surface area (Å²) in [7, 11) is -1.32. The molecular formula is C15H34O2SSi. The minimum absolute atomic E-state index is 0.809. The monoisotopic (exact) mass is 306 g/mol. The second-order valence-corrected chi connectivity index (χ2v) is 7.58. The average Bonchev–Trinajstić information content (AvgIpc) is 2.41. The van der Waals surface area contributed by atoms with E-state index in [4.69, 9.17) is 8.85 Å². The van der Waals surface area contributed by atoms with E-state index in [0.29, 0.717) is 0 Å². The Morgan fingerprint density at radius 2 is 1.11 bits per heavy atom. The molecule has 0 fully saturated rings. The zero-order chi connectivity index (χ0) is 14.2. The van der Waals surface area contributed by atoms with Gasteiger partial charge in [0.15, 0.2) is 0 Å². The van der Waals surface area contributed by atoms with Gasteiger partial charge in [0.25, 0.3) is 0 Å². The Morgan fingerprint density at radius 3 is 1.53 bits per heavy atom. The Balaban J connectivity index is 3.20. The molecule has 0 atom stereocenters. The lowest BCUT2D eigenvalue weighted by Crippen LogP contribution is -2.22. The third-order valence-corrected chi connectivity index (χ3v) is 5.91. The molecule has 0 aliphatic heterocycles. The van der Waals surface area contributed by atoms with E-state index >= 15 is 0 Å². The van der Waals surface area contributed by atoms with Crippen LogP contribution in [0.25, 0.3) is 0 Å². The Hall–Kier alpha value is 0.487. The fraction of sp³-hybridized carbons (Fsp3) is 1.00. The normalized spacial score (nSPS) is 11.4. The van der Waals surface area contributed by atoms with E-state index in [1.165, 1.54) is 63.8 Å². The van der Waals surface area contributed by atoms with Gasteiger partial charge >= 0.3 is 9.28 Å². The van der Waals surface area contributed by atoms with E-state index < -0.39 is 9.28 Å². The van der Waals surface area contributed by atoms with Crippen LogP contribution in [0, 0.1) is 0 Å².